The van der Waals surface area contributed by atoms with Crippen LogP contribution in [0.4, 0.5) is 5.69 Å². The van der Waals surface area contributed by atoms with Crippen LogP contribution < -0.4 is 9.64 Å². The summed E-state index contributed by atoms with van der Waals surface area (Å²) in [4.78, 5) is 2.04. The third kappa shape index (κ3) is 1.85. The van der Waals surface area contributed by atoms with Gasteiger partial charge in [-0.3, -0.25) is 0 Å². The summed E-state index contributed by atoms with van der Waals surface area (Å²) >= 11 is 6.11. The lowest BCUT2D eigenvalue weighted by Crippen LogP contribution is -2.29. The molecule has 1 aliphatic heterocycles. The van der Waals surface area contributed by atoms with Crippen molar-refractivity contribution in [3.8, 4) is 5.75 Å². The Hall–Kier alpha value is -1.42. The largest absolute Gasteiger partial charge is 0.489 e. The summed E-state index contributed by atoms with van der Waals surface area (Å²) in [6.07, 6.45) is 1.32. The number of hydrogen-bond acceptors (Lipinski definition) is 4. The highest BCUT2D eigenvalue weighted by Crippen LogP contribution is 2.38. The summed E-state index contributed by atoms with van der Waals surface area (Å²) in [5.41, 5.74) is 1.61. The molecule has 0 unspecified atom stereocenters. The van der Waals surface area contributed by atoms with Crippen molar-refractivity contribution in [2.45, 2.75) is 0 Å². The first-order chi connectivity index (χ1) is 7.22. The Morgan fingerprint density at radius 3 is 3.13 bits per heavy atom. The predicted octanol–water partition coefficient (Wildman–Crippen LogP) is 1.98. The maximum absolute atomic E-state index is 8.44. The molecule has 80 valence electrons. The smallest absolute Gasteiger partial charge is 0.144 e. The Morgan fingerprint density at radius 1 is 1.60 bits per heavy atom. The van der Waals surface area contributed by atoms with E-state index in [0.29, 0.717) is 11.6 Å². The number of oxime groups is 1. The molecule has 0 aromatic heterocycles. The van der Waals surface area contributed by atoms with Crippen molar-refractivity contribution < 1.29 is 9.94 Å². The summed E-state index contributed by atoms with van der Waals surface area (Å²) in [7, 11) is 1.97. The standard InChI is InChI=1S/C10H11ClN2O2/c1-13-2-3-15-9-5-7(6-12-14)4-8(11)10(9)13/h4-6,14H,2-3H2,1H3. The van der Waals surface area contributed by atoms with Crippen LogP contribution in [0.25, 0.3) is 0 Å². The summed E-state index contributed by atoms with van der Waals surface area (Å²) in [6, 6.07) is 3.54. The minimum absolute atomic E-state index is 0.601. The first-order valence-electron chi connectivity index (χ1n) is 4.57. The van der Waals surface area contributed by atoms with Gasteiger partial charge in [0, 0.05) is 12.6 Å². The molecule has 15 heavy (non-hydrogen) atoms. The fourth-order valence-corrected chi connectivity index (χ4v) is 1.98. The van der Waals surface area contributed by atoms with Gasteiger partial charge >= 0.3 is 0 Å². The van der Waals surface area contributed by atoms with Crippen LogP contribution in [0.2, 0.25) is 5.02 Å². The number of anilines is 1. The van der Waals surface area contributed by atoms with Gasteiger partial charge in [0.25, 0.3) is 0 Å². The number of hydrogen-bond donors (Lipinski definition) is 1. The quantitative estimate of drug-likeness (QED) is 0.453. The highest BCUT2D eigenvalue weighted by molar-refractivity contribution is 6.34. The Balaban J connectivity index is 2.50. The maximum atomic E-state index is 8.44. The molecular weight excluding hydrogens is 216 g/mol. The van der Waals surface area contributed by atoms with Crippen LogP contribution >= 0.6 is 11.6 Å². The van der Waals surface area contributed by atoms with Gasteiger partial charge in [-0.1, -0.05) is 16.8 Å². The van der Waals surface area contributed by atoms with E-state index in [1.165, 1.54) is 6.21 Å². The van der Waals surface area contributed by atoms with Crippen LogP contribution in [0.5, 0.6) is 5.75 Å². The lowest BCUT2D eigenvalue weighted by atomic mass is 10.1. The van der Waals surface area contributed by atoms with Gasteiger partial charge in [-0.25, -0.2) is 0 Å². The fourth-order valence-electron chi connectivity index (χ4n) is 1.62. The molecule has 0 spiro atoms. The number of fused-ring (bicyclic) bond motifs is 1. The first kappa shape index (κ1) is 10.1. The molecule has 0 saturated heterocycles. The number of benzene rings is 1. The van der Waals surface area contributed by atoms with Crippen molar-refractivity contribution in [3.05, 3.63) is 22.7 Å². The Labute approximate surface area is 92.7 Å². The molecular formula is C10H11ClN2O2. The van der Waals surface area contributed by atoms with Gasteiger partial charge in [-0.15, -0.1) is 0 Å². The van der Waals surface area contributed by atoms with Crippen LogP contribution in [0.3, 0.4) is 0 Å². The molecule has 1 heterocycles. The maximum Gasteiger partial charge on any atom is 0.144 e. The van der Waals surface area contributed by atoms with E-state index in [4.69, 9.17) is 21.5 Å². The van der Waals surface area contributed by atoms with Gasteiger partial charge in [-0.2, -0.15) is 0 Å². The fraction of sp³-hybridized carbons (Fsp3) is 0.300. The normalized spacial score (nSPS) is 15.2. The van der Waals surface area contributed by atoms with Crippen molar-refractivity contribution in [2.75, 3.05) is 25.1 Å². The van der Waals surface area contributed by atoms with Gasteiger partial charge in [0.1, 0.15) is 12.4 Å². The van der Waals surface area contributed by atoms with Crippen LogP contribution in [0.1, 0.15) is 5.56 Å². The summed E-state index contributed by atoms with van der Waals surface area (Å²) in [5, 5.41) is 12.0. The number of ether oxygens (including phenoxy) is 1. The SMILES string of the molecule is CN1CCOc2cc(C=NO)cc(Cl)c21. The van der Waals surface area contributed by atoms with Gasteiger partial charge in [0.05, 0.1) is 23.5 Å². The third-order valence-electron chi connectivity index (χ3n) is 2.32. The molecule has 0 radical (unpaired) electrons. The predicted molar refractivity (Wildman–Crippen MR) is 59.6 cm³/mol. The van der Waals surface area contributed by atoms with E-state index in [1.807, 2.05) is 11.9 Å². The summed E-state index contributed by atoms with van der Waals surface area (Å²) in [5.74, 6) is 0.728. The zero-order chi connectivity index (χ0) is 10.8. The second-order valence-corrected chi connectivity index (χ2v) is 3.77. The van der Waals surface area contributed by atoms with Gasteiger partial charge < -0.3 is 14.8 Å². The zero-order valence-electron chi connectivity index (χ0n) is 8.27. The van der Waals surface area contributed by atoms with E-state index in [1.54, 1.807) is 12.1 Å². The molecule has 0 amide bonds. The second kappa shape index (κ2) is 3.98. The number of halogens is 1. The Kier molecular flexibility index (Phi) is 2.68. The van der Waals surface area contributed by atoms with Crippen LogP contribution in [0.15, 0.2) is 17.3 Å². The van der Waals surface area contributed by atoms with E-state index < -0.39 is 0 Å². The van der Waals surface area contributed by atoms with Crippen molar-refractivity contribution in [2.24, 2.45) is 5.16 Å². The average Bonchev–Trinajstić information content (AvgIpc) is 2.17. The van der Waals surface area contributed by atoms with Crippen molar-refractivity contribution in [1.82, 2.24) is 0 Å². The number of nitrogens with zero attached hydrogens (tertiary/aromatic N) is 2. The first-order valence-corrected chi connectivity index (χ1v) is 4.95. The molecule has 0 fully saturated rings. The van der Waals surface area contributed by atoms with Crippen LogP contribution in [-0.2, 0) is 0 Å². The minimum Gasteiger partial charge on any atom is -0.489 e. The average molecular weight is 227 g/mol. The molecule has 0 saturated carbocycles. The van der Waals surface area contributed by atoms with Crippen molar-refractivity contribution >= 4 is 23.5 Å². The van der Waals surface area contributed by atoms with Gasteiger partial charge in [-0.05, 0) is 12.1 Å². The van der Waals surface area contributed by atoms with E-state index in [9.17, 15) is 0 Å². The lowest BCUT2D eigenvalue weighted by molar-refractivity contribution is 0.311. The highest BCUT2D eigenvalue weighted by atomic mass is 35.5. The molecule has 0 atom stereocenters. The summed E-state index contributed by atoms with van der Waals surface area (Å²) in [6.45, 7) is 1.46. The van der Waals surface area contributed by atoms with E-state index in [0.717, 1.165) is 23.5 Å². The third-order valence-corrected chi connectivity index (χ3v) is 2.61. The van der Waals surface area contributed by atoms with Gasteiger partial charge in [0.15, 0.2) is 0 Å². The van der Waals surface area contributed by atoms with E-state index in [-0.39, 0.29) is 0 Å². The molecule has 1 aromatic rings. The molecule has 0 aliphatic carbocycles. The molecule has 4 nitrogen and oxygen atoms in total. The number of likely N-dealkylation sites (N-methyl/N-ethyl adjacent to an activating group) is 1. The van der Waals surface area contributed by atoms with Crippen molar-refractivity contribution in [3.63, 3.8) is 0 Å². The van der Waals surface area contributed by atoms with E-state index >= 15 is 0 Å². The molecule has 1 N–H and O–H groups in total. The molecule has 2 rings (SSSR count). The number of rotatable bonds is 1. The van der Waals surface area contributed by atoms with Gasteiger partial charge in [0.2, 0.25) is 0 Å². The summed E-state index contributed by atoms with van der Waals surface area (Å²) < 4.78 is 5.49. The second-order valence-electron chi connectivity index (χ2n) is 3.36. The molecule has 1 aromatic carbocycles. The lowest BCUT2D eigenvalue weighted by Gasteiger charge is -2.28. The van der Waals surface area contributed by atoms with Crippen LogP contribution in [0, 0.1) is 0 Å². The highest BCUT2D eigenvalue weighted by Gasteiger charge is 2.18. The monoisotopic (exact) mass is 226 g/mol. The van der Waals surface area contributed by atoms with Crippen LogP contribution in [-0.4, -0.2) is 31.6 Å². The zero-order valence-corrected chi connectivity index (χ0v) is 9.03. The Morgan fingerprint density at radius 2 is 2.40 bits per heavy atom. The van der Waals surface area contributed by atoms with Crippen molar-refractivity contribution in [1.29, 1.82) is 0 Å². The minimum atomic E-state index is 0.601. The molecule has 1 aliphatic rings. The molecule has 5 heteroatoms. The van der Waals surface area contributed by atoms with E-state index in [2.05, 4.69) is 5.16 Å². The topological polar surface area (TPSA) is 45.1 Å². The Bertz CT molecular complexity index is 407. The molecule has 0 bridgehead atoms.